The zero-order valence-electron chi connectivity index (χ0n) is 15.8. The molecule has 3 rings (SSSR count). The third-order valence-corrected chi connectivity index (χ3v) is 6.49. The van der Waals surface area contributed by atoms with Gasteiger partial charge in [0.1, 0.15) is 12.7 Å². The lowest BCUT2D eigenvalue weighted by molar-refractivity contribution is -0.133. The van der Waals surface area contributed by atoms with E-state index in [-0.39, 0.29) is 31.2 Å². The highest BCUT2D eigenvalue weighted by Gasteiger charge is 2.43. The largest absolute Gasteiger partial charge is 0.493 e. The van der Waals surface area contributed by atoms with Crippen LogP contribution in [0.2, 0.25) is 0 Å². The zero-order valence-corrected chi connectivity index (χ0v) is 16.6. The van der Waals surface area contributed by atoms with E-state index in [1.165, 1.54) is 7.11 Å². The van der Waals surface area contributed by atoms with Gasteiger partial charge in [0.2, 0.25) is 0 Å². The van der Waals surface area contributed by atoms with Crippen molar-refractivity contribution in [2.75, 3.05) is 57.9 Å². The number of sulfone groups is 1. The number of aliphatic hydroxyl groups is 1. The molecule has 10 heteroatoms. The highest BCUT2D eigenvalue weighted by Crippen LogP contribution is 2.32. The second-order valence-electron chi connectivity index (χ2n) is 7.40. The first-order valence-electron chi connectivity index (χ1n) is 9.16. The molecule has 2 aliphatic heterocycles. The van der Waals surface area contributed by atoms with Crippen molar-refractivity contribution in [3.63, 3.8) is 0 Å². The van der Waals surface area contributed by atoms with Crippen molar-refractivity contribution in [3.05, 3.63) is 23.8 Å². The first kappa shape index (κ1) is 21.2. The van der Waals surface area contributed by atoms with E-state index in [2.05, 4.69) is 0 Å². The third kappa shape index (κ3) is 5.76. The van der Waals surface area contributed by atoms with Gasteiger partial charge in [-0.05, 0) is 17.7 Å². The Morgan fingerprint density at radius 3 is 2.46 bits per heavy atom. The van der Waals surface area contributed by atoms with Crippen LogP contribution >= 0.6 is 0 Å². The summed E-state index contributed by atoms with van der Waals surface area (Å²) in [5.41, 5.74) is 0.821. The summed E-state index contributed by atoms with van der Waals surface area (Å²) in [7, 11) is -1.45. The number of alkyl halides is 2. The minimum atomic E-state index is -2.96. The van der Waals surface area contributed by atoms with Crippen LogP contribution in [0.1, 0.15) is 5.56 Å². The average molecular weight is 420 g/mol. The van der Waals surface area contributed by atoms with Crippen LogP contribution in [0.3, 0.4) is 0 Å². The molecule has 1 N–H and O–H groups in total. The molecule has 2 saturated heterocycles. The summed E-state index contributed by atoms with van der Waals surface area (Å²) >= 11 is 0. The normalized spacial score (nSPS) is 23.0. The average Bonchev–Trinajstić information content (AvgIpc) is 2.60. The maximum absolute atomic E-state index is 13.0. The molecule has 7 nitrogen and oxygen atoms in total. The number of β-amino-alcohol motifs (C(OH)–C–C–N with tert-alkyl or cyclic N) is 1. The fraction of sp³-hybridized carbons (Fsp3) is 0.667. The molecule has 0 amide bonds. The molecule has 0 radical (unpaired) electrons. The van der Waals surface area contributed by atoms with Gasteiger partial charge in [-0.2, -0.15) is 0 Å². The second-order valence-corrected chi connectivity index (χ2v) is 9.71. The number of likely N-dealkylation sites (tertiary alicyclic amines) is 1. The van der Waals surface area contributed by atoms with Crippen molar-refractivity contribution in [2.45, 2.75) is 18.6 Å². The first-order valence-corrected chi connectivity index (χ1v) is 11.0. The van der Waals surface area contributed by atoms with E-state index in [0.29, 0.717) is 37.7 Å². The molecule has 2 fully saturated rings. The van der Waals surface area contributed by atoms with Crippen molar-refractivity contribution >= 4 is 9.84 Å². The van der Waals surface area contributed by atoms with Crippen LogP contribution < -0.4 is 9.47 Å². The first-order chi connectivity index (χ1) is 13.2. The van der Waals surface area contributed by atoms with Crippen LogP contribution in [-0.2, 0) is 16.4 Å². The number of nitrogens with zero attached hydrogens (tertiary/aromatic N) is 2. The molecule has 1 aromatic carbocycles. The summed E-state index contributed by atoms with van der Waals surface area (Å²) in [6.45, 7) is 1.03. The predicted octanol–water partition coefficient (Wildman–Crippen LogP) is 0.616. The van der Waals surface area contributed by atoms with Gasteiger partial charge >= 0.3 is 0 Å². The quantitative estimate of drug-likeness (QED) is 0.660. The van der Waals surface area contributed by atoms with Crippen LogP contribution in [0, 0.1) is 0 Å². The number of aliphatic hydroxyl groups excluding tert-OH is 1. The van der Waals surface area contributed by atoms with Crippen LogP contribution in [0.25, 0.3) is 0 Å². The molecule has 0 aromatic heterocycles. The summed E-state index contributed by atoms with van der Waals surface area (Å²) in [4.78, 5) is 3.54. The topological polar surface area (TPSA) is 79.3 Å². The smallest absolute Gasteiger partial charge is 0.272 e. The summed E-state index contributed by atoms with van der Waals surface area (Å²) in [5.74, 6) is -1.47. The van der Waals surface area contributed by atoms with E-state index in [1.54, 1.807) is 23.1 Å². The predicted molar refractivity (Wildman–Crippen MR) is 99.8 cm³/mol. The number of rotatable bonds is 8. The van der Waals surface area contributed by atoms with Gasteiger partial charge < -0.3 is 14.6 Å². The lowest BCUT2D eigenvalue weighted by Gasteiger charge is -2.38. The molecule has 2 heterocycles. The van der Waals surface area contributed by atoms with Crippen LogP contribution in [-0.4, -0.2) is 93.3 Å². The Kier molecular flexibility index (Phi) is 6.43. The summed E-state index contributed by atoms with van der Waals surface area (Å²) in [6.07, 6.45) is -0.789. The fourth-order valence-corrected chi connectivity index (χ4v) is 4.66. The molecule has 0 bridgehead atoms. The van der Waals surface area contributed by atoms with Gasteiger partial charge in [0.05, 0.1) is 31.7 Å². The molecular weight excluding hydrogens is 394 g/mol. The minimum Gasteiger partial charge on any atom is -0.493 e. The lowest BCUT2D eigenvalue weighted by atomic mass is 10.1. The number of methoxy groups -OCH3 is 1. The molecule has 1 unspecified atom stereocenters. The van der Waals surface area contributed by atoms with E-state index < -0.39 is 21.9 Å². The Morgan fingerprint density at radius 2 is 1.86 bits per heavy atom. The van der Waals surface area contributed by atoms with Gasteiger partial charge in [0.25, 0.3) is 5.92 Å². The van der Waals surface area contributed by atoms with E-state index in [9.17, 15) is 22.3 Å². The third-order valence-electron chi connectivity index (χ3n) is 4.88. The maximum atomic E-state index is 13.0. The number of hydrogen-bond acceptors (Lipinski definition) is 7. The lowest BCUT2D eigenvalue weighted by Crippen LogP contribution is -2.55. The van der Waals surface area contributed by atoms with E-state index in [1.807, 2.05) is 4.90 Å². The highest BCUT2D eigenvalue weighted by atomic mass is 32.2. The SMILES string of the molecule is COc1ccc(CN2CC(F)(F)C2)cc1OCC(O)CN1CCS(=O)(=O)CC1. The number of halogens is 2. The fourth-order valence-electron chi connectivity index (χ4n) is 3.38. The van der Waals surface area contributed by atoms with E-state index >= 15 is 0 Å². The molecular formula is C18H26F2N2O5S. The van der Waals surface area contributed by atoms with Crippen molar-refractivity contribution in [3.8, 4) is 11.5 Å². The van der Waals surface area contributed by atoms with Crippen LogP contribution in [0.4, 0.5) is 8.78 Å². The van der Waals surface area contributed by atoms with Crippen molar-refractivity contribution < 1.29 is 31.8 Å². The Labute approximate surface area is 163 Å². The maximum Gasteiger partial charge on any atom is 0.272 e. The molecule has 1 aromatic rings. The Hall–Kier alpha value is -1.49. The van der Waals surface area contributed by atoms with Crippen LogP contribution in [0.5, 0.6) is 11.5 Å². The van der Waals surface area contributed by atoms with E-state index in [4.69, 9.17) is 9.47 Å². The molecule has 28 heavy (non-hydrogen) atoms. The van der Waals surface area contributed by atoms with Gasteiger partial charge in [0.15, 0.2) is 21.3 Å². The monoisotopic (exact) mass is 420 g/mol. The van der Waals surface area contributed by atoms with Gasteiger partial charge in [-0.3, -0.25) is 9.80 Å². The molecule has 0 aliphatic carbocycles. The Bertz CT molecular complexity index is 768. The van der Waals surface area contributed by atoms with Crippen molar-refractivity contribution in [1.29, 1.82) is 0 Å². The van der Waals surface area contributed by atoms with Gasteiger partial charge in [-0.25, -0.2) is 17.2 Å². The van der Waals surface area contributed by atoms with Gasteiger partial charge in [-0.1, -0.05) is 6.07 Å². The van der Waals surface area contributed by atoms with Gasteiger partial charge in [0, 0.05) is 26.2 Å². The zero-order chi connectivity index (χ0) is 20.4. The van der Waals surface area contributed by atoms with Crippen LogP contribution in [0.15, 0.2) is 18.2 Å². The molecule has 1 atom stereocenters. The molecule has 158 valence electrons. The highest BCUT2D eigenvalue weighted by molar-refractivity contribution is 7.91. The van der Waals surface area contributed by atoms with E-state index in [0.717, 1.165) is 5.56 Å². The number of hydrogen-bond donors (Lipinski definition) is 1. The molecule has 2 aliphatic rings. The minimum absolute atomic E-state index is 0.0187. The van der Waals surface area contributed by atoms with Crippen molar-refractivity contribution in [2.24, 2.45) is 0 Å². The molecule has 0 saturated carbocycles. The number of ether oxygens (including phenoxy) is 2. The van der Waals surface area contributed by atoms with Crippen molar-refractivity contribution in [1.82, 2.24) is 9.80 Å². The Balaban J connectivity index is 1.51. The summed E-state index contributed by atoms with van der Waals surface area (Å²) in [5, 5.41) is 10.2. The Morgan fingerprint density at radius 1 is 1.18 bits per heavy atom. The summed E-state index contributed by atoms with van der Waals surface area (Å²) < 4.78 is 59.9. The molecule has 0 spiro atoms. The summed E-state index contributed by atoms with van der Waals surface area (Å²) in [6, 6.07) is 5.24. The standard InChI is InChI=1S/C18H26F2N2O5S/c1-26-16-3-2-14(9-22-12-18(19,20)13-22)8-17(16)27-11-15(23)10-21-4-6-28(24,25)7-5-21/h2-3,8,15,23H,4-7,9-13H2,1H3. The number of benzene rings is 1. The van der Waals surface area contributed by atoms with Gasteiger partial charge in [-0.15, -0.1) is 0 Å². The second kappa shape index (κ2) is 8.48.